The number of nitrogens with zero attached hydrogens (tertiary/aromatic N) is 1. The zero-order chi connectivity index (χ0) is 19.1. The third-order valence-electron chi connectivity index (χ3n) is 8.12. The summed E-state index contributed by atoms with van der Waals surface area (Å²) in [5.41, 5.74) is 4.55. The molecular weight excluding hydrogens is 352 g/mol. The number of hydrogen-bond acceptors (Lipinski definition) is 3. The van der Waals surface area contributed by atoms with Gasteiger partial charge in [0.15, 0.2) is 0 Å². The van der Waals surface area contributed by atoms with Crippen LogP contribution in [-0.4, -0.2) is 42.1 Å². The highest BCUT2D eigenvalue weighted by Gasteiger charge is 2.60. The average molecular weight is 380 g/mol. The summed E-state index contributed by atoms with van der Waals surface area (Å²) in [6.07, 6.45) is 6.12. The van der Waals surface area contributed by atoms with Gasteiger partial charge >= 0.3 is 6.09 Å². The Morgan fingerprint density at radius 2 is 2.07 bits per heavy atom. The number of cyclic esters (lactones) is 1. The van der Waals surface area contributed by atoms with Crippen molar-refractivity contribution in [2.24, 2.45) is 11.8 Å². The van der Waals surface area contributed by atoms with Crippen molar-refractivity contribution in [1.29, 1.82) is 0 Å². The molecule has 0 bridgehead atoms. The lowest BCUT2D eigenvalue weighted by molar-refractivity contribution is -0.142. The fourth-order valence-electron chi connectivity index (χ4n) is 6.23. The van der Waals surface area contributed by atoms with E-state index in [1.165, 1.54) is 36.0 Å². The minimum Gasteiger partial charge on any atom is -0.447 e. The average Bonchev–Trinajstić information content (AvgIpc) is 3.55. The van der Waals surface area contributed by atoms with E-state index in [9.17, 15) is 9.59 Å². The smallest absolute Gasteiger partial charge is 0.407 e. The number of aryl methyl sites for hydroxylation is 1. The summed E-state index contributed by atoms with van der Waals surface area (Å²) in [6, 6.07) is 7.16. The largest absolute Gasteiger partial charge is 0.447 e. The van der Waals surface area contributed by atoms with Crippen LogP contribution in [-0.2, 0) is 14.9 Å². The van der Waals surface area contributed by atoms with E-state index in [0.717, 1.165) is 38.3 Å². The summed E-state index contributed by atoms with van der Waals surface area (Å²) in [5.74, 6) is 1.75. The molecule has 0 radical (unpaired) electrons. The molecule has 1 N–H and O–H groups in total. The van der Waals surface area contributed by atoms with Crippen molar-refractivity contribution in [1.82, 2.24) is 10.2 Å². The molecule has 1 spiro atoms. The van der Waals surface area contributed by atoms with Gasteiger partial charge in [-0.1, -0.05) is 18.2 Å². The number of rotatable bonds is 3. The number of hydrogen-bond donors (Lipinski definition) is 1. The number of benzene rings is 1. The lowest BCUT2D eigenvalue weighted by Gasteiger charge is -2.45. The molecule has 2 atom stereocenters. The molecular formula is C23H28N2O3. The van der Waals surface area contributed by atoms with Gasteiger partial charge in [-0.2, -0.15) is 0 Å². The van der Waals surface area contributed by atoms with Gasteiger partial charge in [-0.3, -0.25) is 4.79 Å². The quantitative estimate of drug-likeness (QED) is 0.876. The fourth-order valence-corrected chi connectivity index (χ4v) is 6.23. The molecule has 5 fully saturated rings. The molecule has 1 aromatic rings. The summed E-state index contributed by atoms with van der Waals surface area (Å²) in [5, 5.41) is 2.89. The molecule has 2 saturated heterocycles. The highest BCUT2D eigenvalue weighted by atomic mass is 16.6. The summed E-state index contributed by atoms with van der Waals surface area (Å²) in [7, 11) is 0. The predicted molar refractivity (Wildman–Crippen MR) is 104 cm³/mol. The second-order valence-corrected chi connectivity index (χ2v) is 10.0. The first-order valence-corrected chi connectivity index (χ1v) is 10.8. The first-order chi connectivity index (χ1) is 13.5. The minimum atomic E-state index is -0.338. The van der Waals surface area contributed by atoms with Gasteiger partial charge in [-0.25, -0.2) is 4.79 Å². The van der Waals surface area contributed by atoms with E-state index in [4.69, 9.17) is 4.74 Å². The summed E-state index contributed by atoms with van der Waals surface area (Å²) in [4.78, 5) is 26.4. The van der Waals surface area contributed by atoms with Gasteiger partial charge in [-0.05, 0) is 74.0 Å². The number of alkyl carbamates (subject to hydrolysis) is 1. The van der Waals surface area contributed by atoms with E-state index in [-0.39, 0.29) is 23.5 Å². The highest BCUT2D eigenvalue weighted by molar-refractivity contribution is 5.82. The number of carbonyl (C=O) groups is 2. The predicted octanol–water partition coefficient (Wildman–Crippen LogP) is 3.25. The van der Waals surface area contributed by atoms with Crippen molar-refractivity contribution in [2.75, 3.05) is 19.7 Å². The van der Waals surface area contributed by atoms with Gasteiger partial charge in [0.1, 0.15) is 6.61 Å². The normalized spacial score (nSPS) is 38.5. The third kappa shape index (κ3) is 2.44. The van der Waals surface area contributed by atoms with E-state index >= 15 is 0 Å². The molecule has 6 rings (SSSR count). The lowest BCUT2D eigenvalue weighted by atomic mass is 9.68. The zero-order valence-electron chi connectivity index (χ0n) is 16.5. The van der Waals surface area contributed by atoms with E-state index < -0.39 is 0 Å². The molecule has 2 amide bonds. The Hall–Kier alpha value is -2.04. The van der Waals surface area contributed by atoms with Crippen LogP contribution in [0.3, 0.4) is 0 Å². The van der Waals surface area contributed by atoms with E-state index in [1.807, 2.05) is 0 Å². The fraction of sp³-hybridized carbons (Fsp3) is 0.652. The molecule has 5 aliphatic rings. The van der Waals surface area contributed by atoms with Crippen molar-refractivity contribution < 1.29 is 14.3 Å². The molecule has 2 heterocycles. The molecule has 28 heavy (non-hydrogen) atoms. The Balaban J connectivity index is 1.11. The van der Waals surface area contributed by atoms with Crippen LogP contribution in [0.1, 0.15) is 61.1 Å². The summed E-state index contributed by atoms with van der Waals surface area (Å²) < 4.78 is 5.03. The molecule has 1 aromatic carbocycles. The standard InChI is InChI=1S/C23H28N2O3/c1-14-8-16(15-2-3-15)4-5-19(14)23-6-7-25(12-18(23)11-23)20(26)17-9-22(10-17)13-28-21(27)24-22/h4-5,8,15,17-18H,2-3,6-7,9-13H2,1H3,(H,24,27). The number of fused-ring (bicyclic) bond motifs is 1. The van der Waals surface area contributed by atoms with Crippen LogP contribution in [0.25, 0.3) is 0 Å². The summed E-state index contributed by atoms with van der Waals surface area (Å²) >= 11 is 0. The Labute approximate surface area is 165 Å². The van der Waals surface area contributed by atoms with Crippen LogP contribution < -0.4 is 5.32 Å². The topological polar surface area (TPSA) is 58.6 Å². The lowest BCUT2D eigenvalue weighted by Crippen LogP contribution is -2.59. The van der Waals surface area contributed by atoms with Crippen LogP contribution in [0.15, 0.2) is 18.2 Å². The molecule has 2 aliphatic heterocycles. The number of carbonyl (C=O) groups excluding carboxylic acids is 2. The van der Waals surface area contributed by atoms with Crippen LogP contribution in [0.4, 0.5) is 4.79 Å². The Kier molecular flexibility index (Phi) is 3.33. The number of ether oxygens (including phenoxy) is 1. The van der Waals surface area contributed by atoms with Crippen molar-refractivity contribution in [3.05, 3.63) is 34.9 Å². The first-order valence-electron chi connectivity index (χ1n) is 10.8. The molecule has 5 nitrogen and oxygen atoms in total. The van der Waals surface area contributed by atoms with E-state index in [0.29, 0.717) is 17.9 Å². The summed E-state index contributed by atoms with van der Waals surface area (Å²) in [6.45, 7) is 4.45. The number of likely N-dealkylation sites (tertiary alicyclic amines) is 1. The SMILES string of the molecule is Cc1cc(C2CC2)ccc1C12CCN(C(=O)C3CC4(COC(=O)N4)C3)CC1C2. The number of piperidine rings is 1. The molecule has 148 valence electrons. The Morgan fingerprint density at radius 1 is 1.25 bits per heavy atom. The Morgan fingerprint density at radius 3 is 2.71 bits per heavy atom. The van der Waals surface area contributed by atoms with Gasteiger partial charge in [0.2, 0.25) is 5.91 Å². The minimum absolute atomic E-state index is 0.0489. The Bertz CT molecular complexity index is 871. The van der Waals surface area contributed by atoms with Crippen LogP contribution in [0.2, 0.25) is 0 Å². The van der Waals surface area contributed by atoms with Crippen molar-refractivity contribution in [2.45, 2.75) is 62.3 Å². The second kappa shape index (κ2) is 5.52. The van der Waals surface area contributed by atoms with E-state index in [1.54, 1.807) is 0 Å². The van der Waals surface area contributed by atoms with Crippen molar-refractivity contribution >= 4 is 12.0 Å². The maximum Gasteiger partial charge on any atom is 0.407 e. The molecule has 3 saturated carbocycles. The second-order valence-electron chi connectivity index (χ2n) is 10.0. The molecule has 0 aromatic heterocycles. The van der Waals surface area contributed by atoms with Crippen LogP contribution in [0, 0.1) is 18.8 Å². The maximum atomic E-state index is 13.0. The molecule has 2 unspecified atom stereocenters. The highest BCUT2D eigenvalue weighted by Crippen LogP contribution is 2.60. The van der Waals surface area contributed by atoms with Crippen LogP contribution >= 0.6 is 0 Å². The van der Waals surface area contributed by atoms with Gasteiger partial charge in [-0.15, -0.1) is 0 Å². The van der Waals surface area contributed by atoms with Gasteiger partial charge in [0.25, 0.3) is 0 Å². The molecule has 5 heteroatoms. The molecule has 3 aliphatic carbocycles. The monoisotopic (exact) mass is 380 g/mol. The number of nitrogens with one attached hydrogen (secondary N) is 1. The third-order valence-corrected chi connectivity index (χ3v) is 8.12. The number of amides is 2. The van der Waals surface area contributed by atoms with Crippen molar-refractivity contribution in [3.63, 3.8) is 0 Å². The van der Waals surface area contributed by atoms with Crippen LogP contribution in [0.5, 0.6) is 0 Å². The van der Waals surface area contributed by atoms with Gasteiger partial charge in [0, 0.05) is 24.4 Å². The maximum absolute atomic E-state index is 13.0. The van der Waals surface area contributed by atoms with E-state index in [2.05, 4.69) is 35.3 Å². The van der Waals surface area contributed by atoms with Gasteiger partial charge in [0.05, 0.1) is 5.54 Å². The zero-order valence-corrected chi connectivity index (χ0v) is 16.5. The van der Waals surface area contributed by atoms with Gasteiger partial charge < -0.3 is 15.0 Å². The van der Waals surface area contributed by atoms with Crippen molar-refractivity contribution in [3.8, 4) is 0 Å². The first kappa shape index (κ1) is 16.9.